The number of carbonyl (C=O) groups excluding carboxylic acids is 2. The van der Waals surface area contributed by atoms with E-state index in [0.29, 0.717) is 23.9 Å². The molecule has 1 N–H and O–H groups in total. The van der Waals surface area contributed by atoms with Crippen molar-refractivity contribution in [1.29, 1.82) is 0 Å². The van der Waals surface area contributed by atoms with E-state index in [0.717, 1.165) is 12.8 Å². The number of hydrogen-bond acceptors (Lipinski definition) is 6. The summed E-state index contributed by atoms with van der Waals surface area (Å²) in [5.41, 5.74) is 0.593. The molecule has 2 amide bonds. The number of aromatic nitrogens is 1. The molecule has 0 spiro atoms. The first-order chi connectivity index (χ1) is 13.4. The standard InChI is InChI=1S/C18H20N4O4S2/c23-16-11-13(17(24)20-18-19-7-10-27-18)12-22(16)14-3-5-15(6-4-14)28(25,26)21-8-1-2-9-21/h3-7,10,13H,1-2,8-9,11-12H2,(H,19,20,24). The first-order valence-electron chi connectivity index (χ1n) is 9.06. The fourth-order valence-corrected chi connectivity index (χ4v) is 5.55. The Hall–Kier alpha value is -2.30. The highest BCUT2D eigenvalue weighted by atomic mass is 32.2. The fourth-order valence-electron chi connectivity index (χ4n) is 3.50. The molecule has 2 aromatic rings. The maximum atomic E-state index is 12.6. The lowest BCUT2D eigenvalue weighted by molar-refractivity contribution is -0.122. The number of anilines is 2. The minimum atomic E-state index is -3.49. The van der Waals surface area contributed by atoms with Crippen LogP contribution in [0.3, 0.4) is 0 Å². The Balaban J connectivity index is 1.45. The van der Waals surface area contributed by atoms with Gasteiger partial charge in [-0.15, -0.1) is 11.3 Å². The Morgan fingerprint density at radius 2 is 1.89 bits per heavy atom. The monoisotopic (exact) mass is 420 g/mol. The van der Waals surface area contributed by atoms with Crippen LogP contribution in [0.15, 0.2) is 40.7 Å². The lowest BCUT2D eigenvalue weighted by Crippen LogP contribution is -2.29. The molecule has 1 atom stereocenters. The summed E-state index contributed by atoms with van der Waals surface area (Å²) in [5, 5.41) is 4.99. The van der Waals surface area contributed by atoms with Crippen LogP contribution in [-0.4, -0.2) is 49.2 Å². The van der Waals surface area contributed by atoms with Crippen molar-refractivity contribution in [2.75, 3.05) is 29.9 Å². The maximum Gasteiger partial charge on any atom is 0.243 e. The molecule has 0 saturated carbocycles. The van der Waals surface area contributed by atoms with Gasteiger partial charge in [0, 0.05) is 43.3 Å². The summed E-state index contributed by atoms with van der Waals surface area (Å²) in [6, 6.07) is 6.31. The van der Waals surface area contributed by atoms with Crippen LogP contribution in [0, 0.1) is 5.92 Å². The number of nitrogens with zero attached hydrogens (tertiary/aromatic N) is 3. The molecule has 2 saturated heterocycles. The molecule has 10 heteroatoms. The van der Waals surface area contributed by atoms with Crippen molar-refractivity contribution in [1.82, 2.24) is 9.29 Å². The number of thiazole rings is 1. The molecule has 28 heavy (non-hydrogen) atoms. The smallest absolute Gasteiger partial charge is 0.243 e. The van der Waals surface area contributed by atoms with Crippen LogP contribution in [0.25, 0.3) is 0 Å². The van der Waals surface area contributed by atoms with Gasteiger partial charge in [0.1, 0.15) is 0 Å². The normalized spacial score (nSPS) is 20.6. The largest absolute Gasteiger partial charge is 0.312 e. The first-order valence-corrected chi connectivity index (χ1v) is 11.4. The average molecular weight is 421 g/mol. The SMILES string of the molecule is O=C(Nc1nccs1)C1CC(=O)N(c2ccc(S(=O)(=O)N3CCCC3)cc2)C1. The summed E-state index contributed by atoms with van der Waals surface area (Å²) in [6.07, 6.45) is 3.48. The van der Waals surface area contributed by atoms with E-state index in [-0.39, 0.29) is 29.7 Å². The summed E-state index contributed by atoms with van der Waals surface area (Å²) in [6.45, 7) is 1.35. The van der Waals surface area contributed by atoms with Gasteiger partial charge < -0.3 is 10.2 Å². The molecule has 3 heterocycles. The third-order valence-corrected chi connectivity index (χ3v) is 7.61. The Labute approximate surface area is 167 Å². The van der Waals surface area contributed by atoms with E-state index in [4.69, 9.17) is 0 Å². The lowest BCUT2D eigenvalue weighted by Gasteiger charge is -2.19. The molecule has 2 aliphatic heterocycles. The van der Waals surface area contributed by atoms with Gasteiger partial charge in [-0.05, 0) is 37.1 Å². The number of amides is 2. The summed E-state index contributed by atoms with van der Waals surface area (Å²) in [7, 11) is -3.49. The van der Waals surface area contributed by atoms with Gasteiger partial charge in [0.15, 0.2) is 5.13 Å². The minimum Gasteiger partial charge on any atom is -0.312 e. The fraction of sp³-hybridized carbons (Fsp3) is 0.389. The first kappa shape index (κ1) is 19.0. The van der Waals surface area contributed by atoms with Crippen molar-refractivity contribution in [3.05, 3.63) is 35.8 Å². The maximum absolute atomic E-state index is 12.6. The highest BCUT2D eigenvalue weighted by Crippen LogP contribution is 2.28. The molecule has 148 valence electrons. The summed E-state index contributed by atoms with van der Waals surface area (Å²) >= 11 is 1.32. The van der Waals surface area contributed by atoms with Crippen molar-refractivity contribution in [2.24, 2.45) is 5.92 Å². The van der Waals surface area contributed by atoms with E-state index in [1.807, 2.05) is 0 Å². The Morgan fingerprint density at radius 1 is 1.18 bits per heavy atom. The predicted molar refractivity (Wildman–Crippen MR) is 106 cm³/mol. The Bertz CT molecular complexity index is 968. The molecule has 0 aliphatic carbocycles. The number of hydrogen-bond donors (Lipinski definition) is 1. The number of carbonyl (C=O) groups is 2. The number of sulfonamides is 1. The van der Waals surface area contributed by atoms with E-state index in [2.05, 4.69) is 10.3 Å². The number of rotatable bonds is 5. The van der Waals surface area contributed by atoms with E-state index in [9.17, 15) is 18.0 Å². The van der Waals surface area contributed by atoms with Crippen LogP contribution in [0.2, 0.25) is 0 Å². The Kier molecular flexibility index (Phi) is 5.17. The highest BCUT2D eigenvalue weighted by Gasteiger charge is 2.35. The minimum absolute atomic E-state index is 0.116. The van der Waals surface area contributed by atoms with Gasteiger partial charge in [-0.3, -0.25) is 9.59 Å². The lowest BCUT2D eigenvalue weighted by atomic mass is 10.1. The topological polar surface area (TPSA) is 99.7 Å². The van der Waals surface area contributed by atoms with Gasteiger partial charge in [-0.25, -0.2) is 13.4 Å². The molecule has 0 bridgehead atoms. The van der Waals surface area contributed by atoms with E-state index >= 15 is 0 Å². The van der Waals surface area contributed by atoms with Gasteiger partial charge in [-0.2, -0.15) is 4.31 Å². The number of nitrogens with one attached hydrogen (secondary N) is 1. The third-order valence-electron chi connectivity index (χ3n) is 5.01. The van der Waals surface area contributed by atoms with Gasteiger partial charge in [-0.1, -0.05) is 0 Å². The van der Waals surface area contributed by atoms with Crippen LogP contribution < -0.4 is 10.2 Å². The van der Waals surface area contributed by atoms with Crippen LogP contribution >= 0.6 is 11.3 Å². The summed E-state index contributed by atoms with van der Waals surface area (Å²) < 4.78 is 26.7. The van der Waals surface area contributed by atoms with Crippen molar-refractivity contribution in [3.63, 3.8) is 0 Å². The average Bonchev–Trinajstić information content (AvgIpc) is 3.44. The molecule has 2 aliphatic rings. The van der Waals surface area contributed by atoms with Gasteiger partial charge >= 0.3 is 0 Å². The summed E-state index contributed by atoms with van der Waals surface area (Å²) in [4.78, 5) is 30.5. The molecular formula is C18H20N4O4S2. The predicted octanol–water partition coefficient (Wildman–Crippen LogP) is 1.92. The van der Waals surface area contributed by atoms with Crippen molar-refractivity contribution in [3.8, 4) is 0 Å². The van der Waals surface area contributed by atoms with Crippen molar-refractivity contribution < 1.29 is 18.0 Å². The zero-order valence-electron chi connectivity index (χ0n) is 15.1. The van der Waals surface area contributed by atoms with E-state index in [1.54, 1.807) is 23.7 Å². The summed E-state index contributed by atoms with van der Waals surface area (Å²) in [5.74, 6) is -0.863. The zero-order chi connectivity index (χ0) is 19.7. The molecule has 1 unspecified atom stereocenters. The van der Waals surface area contributed by atoms with Crippen LogP contribution in [0.4, 0.5) is 10.8 Å². The van der Waals surface area contributed by atoms with Gasteiger partial charge in [0.25, 0.3) is 0 Å². The van der Waals surface area contributed by atoms with Gasteiger partial charge in [0.2, 0.25) is 21.8 Å². The third kappa shape index (κ3) is 3.67. The molecule has 0 radical (unpaired) electrons. The number of benzene rings is 1. The second-order valence-corrected chi connectivity index (χ2v) is 9.67. The van der Waals surface area contributed by atoms with Crippen LogP contribution in [0.1, 0.15) is 19.3 Å². The molecule has 2 fully saturated rings. The van der Waals surface area contributed by atoms with Crippen molar-refractivity contribution in [2.45, 2.75) is 24.2 Å². The second-order valence-electron chi connectivity index (χ2n) is 6.84. The quantitative estimate of drug-likeness (QED) is 0.797. The molecular weight excluding hydrogens is 400 g/mol. The highest BCUT2D eigenvalue weighted by molar-refractivity contribution is 7.89. The van der Waals surface area contributed by atoms with Crippen molar-refractivity contribution >= 4 is 44.0 Å². The van der Waals surface area contributed by atoms with Crippen LogP contribution in [-0.2, 0) is 19.6 Å². The molecule has 8 nitrogen and oxygen atoms in total. The molecule has 1 aromatic carbocycles. The van der Waals surface area contributed by atoms with Crippen LogP contribution in [0.5, 0.6) is 0 Å². The molecule has 4 rings (SSSR count). The van der Waals surface area contributed by atoms with E-state index in [1.165, 1.54) is 32.7 Å². The zero-order valence-corrected chi connectivity index (χ0v) is 16.7. The molecule has 1 aromatic heterocycles. The Morgan fingerprint density at radius 3 is 2.54 bits per heavy atom. The second kappa shape index (κ2) is 7.61. The van der Waals surface area contributed by atoms with Gasteiger partial charge in [0.05, 0.1) is 10.8 Å². The van der Waals surface area contributed by atoms with E-state index < -0.39 is 15.9 Å².